The summed E-state index contributed by atoms with van der Waals surface area (Å²) in [5, 5.41) is 0.207. The van der Waals surface area contributed by atoms with Crippen LogP contribution < -0.4 is 0 Å². The lowest BCUT2D eigenvalue weighted by molar-refractivity contribution is 0.0949. The third kappa shape index (κ3) is 2.11. The molecule has 0 radical (unpaired) electrons. The van der Waals surface area contributed by atoms with Gasteiger partial charge in [0, 0.05) is 5.56 Å². The van der Waals surface area contributed by atoms with Crippen LogP contribution in [-0.4, -0.2) is 16.3 Å². The molecule has 1 aliphatic heterocycles. The van der Waals surface area contributed by atoms with Gasteiger partial charge in [-0.15, -0.1) is 11.8 Å². The van der Waals surface area contributed by atoms with Crippen LogP contribution in [0.5, 0.6) is 0 Å². The Labute approximate surface area is 103 Å². The monoisotopic (exact) mass is 258 g/mol. The normalized spacial score (nSPS) is 24.7. The van der Waals surface area contributed by atoms with Crippen molar-refractivity contribution >= 4 is 29.1 Å². The first-order chi connectivity index (χ1) is 7.53. The van der Waals surface area contributed by atoms with Crippen LogP contribution in [0.15, 0.2) is 18.2 Å². The standard InChI is InChI=1S/C12H12ClFOS/c1-12(5-2-6-16-12)11(15)9-4-3-8(14)7-10(9)13/h3-4,7H,2,5-6H2,1H3. The van der Waals surface area contributed by atoms with E-state index in [1.54, 1.807) is 11.8 Å². The zero-order valence-corrected chi connectivity index (χ0v) is 10.5. The number of rotatable bonds is 2. The van der Waals surface area contributed by atoms with Crippen molar-refractivity contribution in [3.8, 4) is 0 Å². The van der Waals surface area contributed by atoms with Crippen LogP contribution in [0.1, 0.15) is 30.1 Å². The van der Waals surface area contributed by atoms with Gasteiger partial charge in [0.25, 0.3) is 0 Å². The molecule has 4 heteroatoms. The fraction of sp³-hybridized carbons (Fsp3) is 0.417. The average molecular weight is 259 g/mol. The van der Waals surface area contributed by atoms with Crippen LogP contribution in [0, 0.1) is 5.82 Å². The summed E-state index contributed by atoms with van der Waals surface area (Å²) in [7, 11) is 0. The molecule has 1 aromatic carbocycles. The van der Waals surface area contributed by atoms with Crippen LogP contribution >= 0.6 is 23.4 Å². The summed E-state index contributed by atoms with van der Waals surface area (Å²) in [6, 6.07) is 3.95. The molecule has 0 saturated carbocycles. The molecule has 0 aromatic heterocycles. The van der Waals surface area contributed by atoms with Crippen molar-refractivity contribution in [2.75, 3.05) is 5.75 Å². The van der Waals surface area contributed by atoms with E-state index in [1.807, 2.05) is 6.92 Å². The van der Waals surface area contributed by atoms with Gasteiger partial charge in [-0.3, -0.25) is 4.79 Å². The smallest absolute Gasteiger partial charge is 0.180 e. The molecule has 2 rings (SSSR count). The molecular formula is C12H12ClFOS. The van der Waals surface area contributed by atoms with Gasteiger partial charge in [-0.05, 0) is 43.7 Å². The molecule has 0 aliphatic carbocycles. The third-order valence-electron chi connectivity index (χ3n) is 2.87. The lowest BCUT2D eigenvalue weighted by Crippen LogP contribution is -2.28. The Kier molecular flexibility index (Phi) is 3.27. The number of ketones is 1. The molecule has 1 saturated heterocycles. The van der Waals surface area contributed by atoms with E-state index in [0.29, 0.717) is 5.56 Å². The van der Waals surface area contributed by atoms with E-state index in [4.69, 9.17) is 11.6 Å². The minimum absolute atomic E-state index is 0.0139. The van der Waals surface area contributed by atoms with E-state index in [9.17, 15) is 9.18 Å². The predicted molar refractivity (Wildman–Crippen MR) is 65.8 cm³/mol. The van der Waals surface area contributed by atoms with E-state index in [-0.39, 0.29) is 15.6 Å². The van der Waals surface area contributed by atoms with Gasteiger partial charge in [0.2, 0.25) is 0 Å². The number of Topliss-reactive ketones (excluding diaryl/α,β-unsaturated/α-hetero) is 1. The first-order valence-corrected chi connectivity index (χ1v) is 6.53. The first kappa shape index (κ1) is 11.9. The highest BCUT2D eigenvalue weighted by Gasteiger charge is 2.38. The van der Waals surface area contributed by atoms with Crippen molar-refractivity contribution in [1.82, 2.24) is 0 Å². The van der Waals surface area contributed by atoms with Gasteiger partial charge >= 0.3 is 0 Å². The average Bonchev–Trinajstić information content (AvgIpc) is 2.66. The molecule has 0 N–H and O–H groups in total. The van der Waals surface area contributed by atoms with E-state index in [0.717, 1.165) is 18.6 Å². The van der Waals surface area contributed by atoms with Gasteiger partial charge in [0.15, 0.2) is 5.78 Å². The van der Waals surface area contributed by atoms with Crippen LogP contribution in [0.3, 0.4) is 0 Å². The second-order valence-electron chi connectivity index (χ2n) is 4.14. The molecule has 1 atom stereocenters. The van der Waals surface area contributed by atoms with Gasteiger partial charge in [0.05, 0.1) is 9.77 Å². The zero-order valence-electron chi connectivity index (χ0n) is 8.93. The molecule has 1 aliphatic rings. The van der Waals surface area contributed by atoms with E-state index in [1.165, 1.54) is 18.2 Å². The number of hydrogen-bond donors (Lipinski definition) is 0. The topological polar surface area (TPSA) is 17.1 Å². The number of carbonyl (C=O) groups excluding carboxylic acids is 1. The third-order valence-corrected chi connectivity index (χ3v) is 4.71. The number of benzene rings is 1. The molecule has 86 valence electrons. The molecule has 0 bridgehead atoms. The van der Waals surface area contributed by atoms with Gasteiger partial charge in [-0.1, -0.05) is 11.6 Å². The van der Waals surface area contributed by atoms with Crippen molar-refractivity contribution in [2.24, 2.45) is 0 Å². The number of hydrogen-bond acceptors (Lipinski definition) is 2. The predicted octanol–water partition coefficient (Wildman–Crippen LogP) is 3.95. The maximum atomic E-state index is 12.9. The lowest BCUT2D eigenvalue weighted by Gasteiger charge is -2.21. The van der Waals surface area contributed by atoms with Crippen molar-refractivity contribution < 1.29 is 9.18 Å². The van der Waals surface area contributed by atoms with Crippen molar-refractivity contribution in [1.29, 1.82) is 0 Å². The highest BCUT2D eigenvalue weighted by Crippen LogP contribution is 2.41. The van der Waals surface area contributed by atoms with Crippen molar-refractivity contribution in [3.63, 3.8) is 0 Å². The second kappa shape index (κ2) is 4.38. The molecule has 0 amide bonds. The van der Waals surface area contributed by atoms with Gasteiger partial charge in [0.1, 0.15) is 5.82 Å². The molecule has 1 nitrogen and oxygen atoms in total. The summed E-state index contributed by atoms with van der Waals surface area (Å²) >= 11 is 7.55. The highest BCUT2D eigenvalue weighted by atomic mass is 35.5. The molecule has 1 fully saturated rings. The zero-order chi connectivity index (χ0) is 11.8. The summed E-state index contributed by atoms with van der Waals surface area (Å²) in [6.07, 6.45) is 1.91. The van der Waals surface area contributed by atoms with E-state index in [2.05, 4.69) is 0 Å². The molecule has 1 heterocycles. The molecular weight excluding hydrogens is 247 g/mol. The summed E-state index contributed by atoms with van der Waals surface area (Å²) in [4.78, 5) is 12.3. The van der Waals surface area contributed by atoms with Crippen molar-refractivity contribution in [2.45, 2.75) is 24.5 Å². The van der Waals surface area contributed by atoms with Crippen molar-refractivity contribution in [3.05, 3.63) is 34.6 Å². The Morgan fingerprint density at radius 1 is 1.56 bits per heavy atom. The first-order valence-electron chi connectivity index (χ1n) is 5.17. The van der Waals surface area contributed by atoms with Gasteiger partial charge < -0.3 is 0 Å². The molecule has 1 aromatic rings. The number of thioether (sulfide) groups is 1. The quantitative estimate of drug-likeness (QED) is 0.748. The SMILES string of the molecule is CC1(C(=O)c2ccc(F)cc2Cl)CCCS1. The minimum atomic E-state index is -0.411. The Balaban J connectivity index is 2.33. The maximum absolute atomic E-state index is 12.9. The molecule has 16 heavy (non-hydrogen) atoms. The second-order valence-corrected chi connectivity index (χ2v) is 6.14. The highest BCUT2D eigenvalue weighted by molar-refractivity contribution is 8.01. The Morgan fingerprint density at radius 2 is 2.31 bits per heavy atom. The summed E-state index contributed by atoms with van der Waals surface area (Å²) in [5.74, 6) is 0.604. The lowest BCUT2D eigenvalue weighted by atomic mass is 9.94. The number of halogens is 2. The van der Waals surface area contributed by atoms with Crippen LogP contribution in [-0.2, 0) is 0 Å². The minimum Gasteiger partial charge on any atom is -0.293 e. The van der Waals surface area contributed by atoms with Gasteiger partial charge in [-0.2, -0.15) is 0 Å². The summed E-state index contributed by atoms with van der Waals surface area (Å²) in [5.41, 5.74) is 0.431. The summed E-state index contributed by atoms with van der Waals surface area (Å²) < 4.78 is 12.5. The maximum Gasteiger partial charge on any atom is 0.180 e. The molecule has 1 unspecified atom stereocenters. The van der Waals surface area contributed by atoms with E-state index >= 15 is 0 Å². The van der Waals surface area contributed by atoms with Crippen LogP contribution in [0.25, 0.3) is 0 Å². The largest absolute Gasteiger partial charge is 0.293 e. The Bertz CT molecular complexity index is 427. The summed E-state index contributed by atoms with van der Waals surface area (Å²) in [6.45, 7) is 1.94. The fourth-order valence-corrected chi connectivity index (χ4v) is 3.44. The van der Waals surface area contributed by atoms with Crippen LogP contribution in [0.4, 0.5) is 4.39 Å². The number of carbonyl (C=O) groups is 1. The Hall–Kier alpha value is -0.540. The van der Waals surface area contributed by atoms with Crippen LogP contribution in [0.2, 0.25) is 5.02 Å². The Morgan fingerprint density at radius 3 is 2.88 bits per heavy atom. The van der Waals surface area contributed by atoms with E-state index < -0.39 is 5.82 Å². The molecule has 0 spiro atoms. The van der Waals surface area contributed by atoms with Gasteiger partial charge in [-0.25, -0.2) is 4.39 Å². The fourth-order valence-electron chi connectivity index (χ4n) is 1.92.